The summed E-state index contributed by atoms with van der Waals surface area (Å²) in [6.07, 6.45) is -11.8. The minimum atomic E-state index is -1.74. The van der Waals surface area contributed by atoms with Crippen LogP contribution < -0.4 is 16.2 Å². The van der Waals surface area contributed by atoms with Gasteiger partial charge in [-0.1, -0.05) is 18.2 Å². The maximum absolute atomic E-state index is 13.5. The molecule has 1 aromatic carbocycles. The Morgan fingerprint density at radius 3 is 2.39 bits per heavy atom. The van der Waals surface area contributed by atoms with E-state index in [-0.39, 0.29) is 12.3 Å². The molecule has 2 aromatic rings. The van der Waals surface area contributed by atoms with Crippen LogP contribution in [-0.4, -0.2) is 117 Å². The summed E-state index contributed by atoms with van der Waals surface area (Å²) in [6, 6.07) is 7.90. The Labute approximate surface area is 235 Å². The first-order valence-corrected chi connectivity index (χ1v) is 13.0. The number of aliphatic hydroxyl groups excluding tert-OH is 4. The lowest BCUT2D eigenvalue weighted by Crippen LogP contribution is -2.66. The third kappa shape index (κ3) is 6.07. The first-order valence-electron chi connectivity index (χ1n) is 13.0. The van der Waals surface area contributed by atoms with Crippen LogP contribution in [0, 0.1) is 6.92 Å². The van der Waals surface area contributed by atoms with Crippen molar-refractivity contribution in [3.63, 3.8) is 0 Å². The number of nitrogens with zero attached hydrogens (tertiary/aromatic N) is 2. The van der Waals surface area contributed by atoms with Crippen molar-refractivity contribution in [2.45, 2.75) is 68.9 Å². The molecule has 9 atom stereocenters. The number of anilines is 1. The van der Waals surface area contributed by atoms with Crippen molar-refractivity contribution < 1.29 is 49.0 Å². The Hall–Kier alpha value is -3.15. The van der Waals surface area contributed by atoms with E-state index in [1.165, 1.54) is 18.7 Å². The third-order valence-electron chi connectivity index (χ3n) is 7.34. The monoisotopic (exact) mass is 580 g/mol. The molecule has 2 fully saturated rings. The minimum absolute atomic E-state index is 0.0331. The fourth-order valence-electron chi connectivity index (χ4n) is 5.08. The number of carbonyl (C=O) groups is 2. The summed E-state index contributed by atoms with van der Waals surface area (Å²) in [5.74, 6) is -1.32. The molecule has 15 heteroatoms. The number of hydrogen-bond donors (Lipinski definition) is 6. The van der Waals surface area contributed by atoms with E-state index < -0.39 is 79.0 Å². The standard InChI is InChI=1S/C26H36N4O11/c1-12-17(25(37)30(29(12)3)14-8-6-5-7-9-14)28-24(36)23-22(38-4)19(34)20(35)26(41-23)40-21-15(27-13(2)32)11-39-16(10-31)18(21)33/h5-9,15-16,18-23,26,31,33-35H,10-11H2,1-4H3,(H,27,32)(H,28,36)/t15-,16+,18+,19+,20+,21+,22-,23-,26+/m0/s1. The molecule has 3 heterocycles. The van der Waals surface area contributed by atoms with Gasteiger partial charge in [-0.25, -0.2) is 4.68 Å². The maximum Gasteiger partial charge on any atom is 0.295 e. The number of aliphatic hydroxyl groups is 4. The highest BCUT2D eigenvalue weighted by atomic mass is 16.7. The molecular formula is C26H36N4O11. The van der Waals surface area contributed by atoms with Crippen molar-refractivity contribution in [2.24, 2.45) is 7.05 Å². The maximum atomic E-state index is 13.5. The van der Waals surface area contributed by atoms with Gasteiger partial charge in [-0.2, -0.15) is 0 Å². The van der Waals surface area contributed by atoms with Gasteiger partial charge >= 0.3 is 0 Å². The Kier molecular flexibility index (Phi) is 9.61. The number of rotatable bonds is 8. The molecule has 0 bridgehead atoms. The van der Waals surface area contributed by atoms with E-state index in [1.807, 2.05) is 0 Å². The number of para-hydroxylation sites is 1. The van der Waals surface area contributed by atoms with E-state index in [4.69, 9.17) is 18.9 Å². The van der Waals surface area contributed by atoms with Crippen LogP contribution in [0.15, 0.2) is 35.1 Å². The number of methoxy groups -OCH3 is 1. The molecule has 2 amide bonds. The van der Waals surface area contributed by atoms with Gasteiger partial charge in [0, 0.05) is 21.1 Å². The molecule has 0 saturated carbocycles. The summed E-state index contributed by atoms with van der Waals surface area (Å²) in [5.41, 5.74) is 0.462. The van der Waals surface area contributed by atoms with E-state index >= 15 is 0 Å². The zero-order valence-electron chi connectivity index (χ0n) is 23.0. The van der Waals surface area contributed by atoms with Crippen molar-refractivity contribution in [3.05, 3.63) is 46.4 Å². The van der Waals surface area contributed by atoms with Crippen LogP contribution in [0.1, 0.15) is 12.6 Å². The minimum Gasteiger partial charge on any atom is -0.394 e. The van der Waals surface area contributed by atoms with Gasteiger partial charge in [-0.05, 0) is 19.1 Å². The lowest BCUT2D eigenvalue weighted by atomic mass is 9.96. The first kappa shape index (κ1) is 30.8. The molecule has 41 heavy (non-hydrogen) atoms. The molecule has 0 aliphatic carbocycles. The SMILES string of the molecule is CO[C@H]1[C@H](O)[C@@H](O)[C@H](O[C@H]2[C@H](O)[C@@H](CO)OC[C@@H]2NC(C)=O)O[C@@H]1C(=O)Nc1c(C)n(C)n(-c2ccccc2)c1=O. The predicted molar refractivity (Wildman–Crippen MR) is 141 cm³/mol. The Morgan fingerprint density at radius 1 is 1.10 bits per heavy atom. The summed E-state index contributed by atoms with van der Waals surface area (Å²) in [7, 11) is 2.87. The number of ether oxygens (including phenoxy) is 4. The Bertz CT molecular complexity index is 1280. The number of carbonyl (C=O) groups excluding carboxylic acids is 2. The average molecular weight is 581 g/mol. The number of amides is 2. The molecule has 4 rings (SSSR count). The van der Waals surface area contributed by atoms with Gasteiger partial charge in [-0.3, -0.25) is 19.1 Å². The number of nitrogens with one attached hydrogen (secondary N) is 2. The lowest BCUT2D eigenvalue weighted by Gasteiger charge is -2.45. The molecule has 0 radical (unpaired) electrons. The smallest absolute Gasteiger partial charge is 0.295 e. The second-order valence-electron chi connectivity index (χ2n) is 9.99. The fourth-order valence-corrected chi connectivity index (χ4v) is 5.08. The van der Waals surface area contributed by atoms with Gasteiger partial charge in [0.15, 0.2) is 12.4 Å². The summed E-state index contributed by atoms with van der Waals surface area (Å²) in [6.45, 7) is 2.20. The number of benzene rings is 1. The normalized spacial score (nSPS) is 32.0. The second kappa shape index (κ2) is 12.8. The number of aromatic nitrogens is 2. The topological polar surface area (TPSA) is 203 Å². The quantitative estimate of drug-likeness (QED) is 0.193. The third-order valence-corrected chi connectivity index (χ3v) is 7.34. The summed E-state index contributed by atoms with van der Waals surface area (Å²) in [4.78, 5) is 38.5. The highest BCUT2D eigenvalue weighted by Gasteiger charge is 2.51. The van der Waals surface area contributed by atoms with Crippen LogP contribution in [0.3, 0.4) is 0 Å². The van der Waals surface area contributed by atoms with Gasteiger partial charge in [0.25, 0.3) is 11.5 Å². The highest BCUT2D eigenvalue weighted by molar-refractivity contribution is 5.95. The van der Waals surface area contributed by atoms with Gasteiger partial charge in [0.05, 0.1) is 30.6 Å². The van der Waals surface area contributed by atoms with Gasteiger partial charge in [0.1, 0.15) is 42.3 Å². The zero-order valence-corrected chi connectivity index (χ0v) is 23.0. The van der Waals surface area contributed by atoms with E-state index in [2.05, 4.69) is 10.6 Å². The molecule has 0 unspecified atom stereocenters. The second-order valence-corrected chi connectivity index (χ2v) is 9.99. The largest absolute Gasteiger partial charge is 0.394 e. The van der Waals surface area contributed by atoms with E-state index in [1.54, 1.807) is 49.0 Å². The highest BCUT2D eigenvalue weighted by Crippen LogP contribution is 2.29. The number of hydrogen-bond acceptors (Lipinski definition) is 11. The van der Waals surface area contributed by atoms with Crippen molar-refractivity contribution in [1.82, 2.24) is 14.7 Å². The molecule has 226 valence electrons. The van der Waals surface area contributed by atoms with Crippen molar-refractivity contribution >= 4 is 17.5 Å². The van der Waals surface area contributed by atoms with Crippen LogP contribution in [-0.2, 0) is 35.6 Å². The molecule has 0 spiro atoms. The van der Waals surface area contributed by atoms with Crippen molar-refractivity contribution in [1.29, 1.82) is 0 Å². The van der Waals surface area contributed by atoms with Crippen LogP contribution in [0.25, 0.3) is 5.69 Å². The van der Waals surface area contributed by atoms with Crippen molar-refractivity contribution in [2.75, 3.05) is 25.6 Å². The molecule has 6 N–H and O–H groups in total. The average Bonchev–Trinajstić information content (AvgIpc) is 3.15. The molecule has 2 saturated heterocycles. The van der Waals surface area contributed by atoms with Gasteiger partial charge in [-0.15, -0.1) is 0 Å². The van der Waals surface area contributed by atoms with Crippen LogP contribution >= 0.6 is 0 Å². The fraction of sp³-hybridized carbons (Fsp3) is 0.577. The van der Waals surface area contributed by atoms with E-state index in [9.17, 15) is 34.8 Å². The zero-order chi connectivity index (χ0) is 30.0. The van der Waals surface area contributed by atoms with Gasteiger partial charge in [0.2, 0.25) is 5.91 Å². The first-order chi connectivity index (χ1) is 19.5. The lowest BCUT2D eigenvalue weighted by molar-refractivity contribution is -0.321. The predicted octanol–water partition coefficient (Wildman–Crippen LogP) is -2.47. The van der Waals surface area contributed by atoms with E-state index in [0.717, 1.165) is 0 Å². The summed E-state index contributed by atoms with van der Waals surface area (Å²) in [5, 5.41) is 47.0. The van der Waals surface area contributed by atoms with E-state index in [0.29, 0.717) is 11.4 Å². The van der Waals surface area contributed by atoms with Crippen LogP contribution in [0.2, 0.25) is 0 Å². The molecule has 2 aliphatic rings. The van der Waals surface area contributed by atoms with Crippen molar-refractivity contribution in [3.8, 4) is 5.69 Å². The Balaban J connectivity index is 1.59. The molecule has 2 aliphatic heterocycles. The van der Waals surface area contributed by atoms with Gasteiger partial charge < -0.3 is 50.0 Å². The van der Waals surface area contributed by atoms with Crippen LogP contribution in [0.4, 0.5) is 5.69 Å². The Morgan fingerprint density at radius 2 is 1.78 bits per heavy atom. The summed E-state index contributed by atoms with van der Waals surface area (Å²) >= 11 is 0. The molecule has 15 nitrogen and oxygen atoms in total. The van der Waals surface area contributed by atoms with Crippen LogP contribution in [0.5, 0.6) is 0 Å². The molecular weight excluding hydrogens is 544 g/mol. The summed E-state index contributed by atoms with van der Waals surface area (Å²) < 4.78 is 25.2. The molecule has 1 aromatic heterocycles.